The highest BCUT2D eigenvalue weighted by atomic mass is 35.5. The average molecular weight is 244 g/mol. The molecule has 0 fully saturated rings. The second-order valence-electron chi connectivity index (χ2n) is 3.37. The van der Waals surface area contributed by atoms with E-state index in [1.54, 1.807) is 0 Å². The van der Waals surface area contributed by atoms with E-state index < -0.39 is 12.0 Å². The average Bonchev–Trinajstić information content (AvgIpc) is 2.26. The second-order valence-corrected chi connectivity index (χ2v) is 3.73. The normalized spacial score (nSPS) is 12.1. The lowest BCUT2D eigenvalue weighted by Gasteiger charge is -2.14. The summed E-state index contributed by atoms with van der Waals surface area (Å²) in [6.45, 7) is 2.01. The van der Waals surface area contributed by atoms with Crippen LogP contribution in [0.25, 0.3) is 0 Å². The van der Waals surface area contributed by atoms with Crippen LogP contribution in [0.2, 0.25) is 5.15 Å². The van der Waals surface area contributed by atoms with Gasteiger partial charge in [-0.3, -0.25) is 0 Å². The van der Waals surface area contributed by atoms with E-state index in [0.717, 1.165) is 12.8 Å². The number of carboxylic acid groups (broad SMARTS) is 1. The number of unbranched alkanes of at least 4 members (excludes halogenated alkanes) is 1. The molecule has 0 bridgehead atoms. The first-order chi connectivity index (χ1) is 7.65. The molecule has 2 N–H and O–H groups in total. The molecule has 0 aromatic carbocycles. The lowest BCUT2D eigenvalue weighted by Crippen LogP contribution is -2.29. The molecule has 0 radical (unpaired) electrons. The van der Waals surface area contributed by atoms with Crippen LogP contribution in [-0.2, 0) is 4.79 Å². The smallest absolute Gasteiger partial charge is 0.326 e. The van der Waals surface area contributed by atoms with Gasteiger partial charge in [0, 0.05) is 12.4 Å². The van der Waals surface area contributed by atoms with Crippen LogP contribution < -0.4 is 5.32 Å². The molecule has 1 aromatic heterocycles. The lowest BCUT2D eigenvalue weighted by molar-refractivity contribution is -0.138. The van der Waals surface area contributed by atoms with Crippen molar-refractivity contribution >= 4 is 23.4 Å². The predicted octanol–water partition coefficient (Wildman–Crippen LogP) is 2.19. The molecule has 88 valence electrons. The number of nitrogens with one attached hydrogen (secondary N) is 1. The molecule has 0 aliphatic heterocycles. The van der Waals surface area contributed by atoms with Crippen LogP contribution in [0.4, 0.5) is 5.82 Å². The first kappa shape index (κ1) is 12.7. The summed E-state index contributed by atoms with van der Waals surface area (Å²) in [5.74, 6) is -0.595. The van der Waals surface area contributed by atoms with Crippen molar-refractivity contribution in [1.29, 1.82) is 0 Å². The van der Waals surface area contributed by atoms with E-state index in [1.807, 2.05) is 6.92 Å². The fourth-order valence-corrected chi connectivity index (χ4v) is 1.41. The Kier molecular flexibility index (Phi) is 4.98. The van der Waals surface area contributed by atoms with Crippen LogP contribution in [0.5, 0.6) is 0 Å². The fraction of sp³-hybridized carbons (Fsp3) is 0.500. The molecule has 0 unspecified atom stereocenters. The SMILES string of the molecule is CCCC[C@H](Nc1nccnc1Cl)C(=O)O. The second kappa shape index (κ2) is 6.27. The molecule has 0 saturated heterocycles. The Bertz CT molecular complexity index is 360. The van der Waals surface area contributed by atoms with Gasteiger partial charge in [-0.1, -0.05) is 31.4 Å². The number of aromatic nitrogens is 2. The first-order valence-corrected chi connectivity index (χ1v) is 5.48. The lowest BCUT2D eigenvalue weighted by atomic mass is 10.1. The number of aliphatic carboxylic acids is 1. The summed E-state index contributed by atoms with van der Waals surface area (Å²) < 4.78 is 0. The van der Waals surface area contributed by atoms with Gasteiger partial charge >= 0.3 is 5.97 Å². The minimum absolute atomic E-state index is 0.185. The van der Waals surface area contributed by atoms with Crippen LogP contribution in [0.1, 0.15) is 26.2 Å². The van der Waals surface area contributed by atoms with E-state index in [1.165, 1.54) is 12.4 Å². The molecule has 0 aliphatic carbocycles. The number of hydrogen-bond acceptors (Lipinski definition) is 4. The zero-order valence-corrected chi connectivity index (χ0v) is 9.74. The molecular formula is C10H14ClN3O2. The van der Waals surface area contributed by atoms with Crippen molar-refractivity contribution in [2.45, 2.75) is 32.2 Å². The van der Waals surface area contributed by atoms with Crippen molar-refractivity contribution in [1.82, 2.24) is 9.97 Å². The minimum Gasteiger partial charge on any atom is -0.480 e. The molecule has 0 amide bonds. The summed E-state index contributed by atoms with van der Waals surface area (Å²) in [5.41, 5.74) is 0. The Labute approximate surface area is 98.9 Å². The molecule has 0 saturated carbocycles. The van der Waals surface area contributed by atoms with Gasteiger partial charge in [0.15, 0.2) is 11.0 Å². The molecule has 16 heavy (non-hydrogen) atoms. The Morgan fingerprint density at radius 1 is 1.56 bits per heavy atom. The number of rotatable bonds is 6. The van der Waals surface area contributed by atoms with Crippen molar-refractivity contribution in [2.24, 2.45) is 0 Å². The quantitative estimate of drug-likeness (QED) is 0.801. The van der Waals surface area contributed by atoms with E-state index in [0.29, 0.717) is 12.2 Å². The summed E-state index contributed by atoms with van der Waals surface area (Å²) in [6, 6.07) is -0.672. The highest BCUT2D eigenvalue weighted by Crippen LogP contribution is 2.16. The Morgan fingerprint density at radius 2 is 2.25 bits per heavy atom. The number of carboxylic acids is 1. The van der Waals surface area contributed by atoms with Gasteiger partial charge in [0.25, 0.3) is 0 Å². The number of halogens is 1. The molecule has 1 heterocycles. The fourth-order valence-electron chi connectivity index (χ4n) is 1.25. The van der Waals surface area contributed by atoms with E-state index in [4.69, 9.17) is 16.7 Å². The molecule has 0 aliphatic rings. The van der Waals surface area contributed by atoms with Crippen LogP contribution in [0, 0.1) is 0 Å². The van der Waals surface area contributed by atoms with Gasteiger partial charge in [-0.15, -0.1) is 0 Å². The Morgan fingerprint density at radius 3 is 2.81 bits per heavy atom. The summed E-state index contributed by atoms with van der Waals surface area (Å²) in [5, 5.41) is 12.0. The highest BCUT2D eigenvalue weighted by molar-refractivity contribution is 6.31. The number of nitrogens with zero attached hydrogens (tertiary/aromatic N) is 2. The van der Waals surface area contributed by atoms with Crippen LogP contribution in [0.15, 0.2) is 12.4 Å². The van der Waals surface area contributed by atoms with Crippen LogP contribution in [0.3, 0.4) is 0 Å². The van der Waals surface area contributed by atoms with E-state index >= 15 is 0 Å². The third-order valence-corrected chi connectivity index (χ3v) is 2.39. The van der Waals surface area contributed by atoms with Crippen molar-refractivity contribution in [2.75, 3.05) is 5.32 Å². The van der Waals surface area contributed by atoms with Gasteiger partial charge in [0.1, 0.15) is 6.04 Å². The number of anilines is 1. The zero-order chi connectivity index (χ0) is 12.0. The third kappa shape index (κ3) is 3.66. The van der Waals surface area contributed by atoms with Gasteiger partial charge in [-0.2, -0.15) is 0 Å². The van der Waals surface area contributed by atoms with Crippen molar-refractivity contribution in [3.63, 3.8) is 0 Å². The van der Waals surface area contributed by atoms with Crippen molar-refractivity contribution in [3.05, 3.63) is 17.5 Å². The largest absolute Gasteiger partial charge is 0.480 e. The number of hydrogen-bond donors (Lipinski definition) is 2. The maximum Gasteiger partial charge on any atom is 0.326 e. The number of carbonyl (C=O) groups is 1. The topological polar surface area (TPSA) is 75.1 Å². The molecule has 6 heteroatoms. The van der Waals surface area contributed by atoms with Gasteiger partial charge in [-0.05, 0) is 6.42 Å². The maximum atomic E-state index is 11.0. The molecule has 1 atom stereocenters. The predicted molar refractivity (Wildman–Crippen MR) is 61.6 cm³/mol. The molecule has 0 spiro atoms. The third-order valence-electron chi connectivity index (χ3n) is 2.11. The molecule has 1 rings (SSSR count). The Balaban J connectivity index is 2.68. The molecule has 5 nitrogen and oxygen atoms in total. The van der Waals surface area contributed by atoms with E-state index in [9.17, 15) is 4.79 Å². The maximum absolute atomic E-state index is 11.0. The van der Waals surface area contributed by atoms with Crippen LogP contribution in [-0.4, -0.2) is 27.1 Å². The van der Waals surface area contributed by atoms with Crippen LogP contribution >= 0.6 is 11.6 Å². The Hall–Kier alpha value is -1.36. The minimum atomic E-state index is -0.907. The monoisotopic (exact) mass is 243 g/mol. The highest BCUT2D eigenvalue weighted by Gasteiger charge is 2.18. The summed E-state index contributed by atoms with van der Waals surface area (Å²) >= 11 is 5.78. The van der Waals surface area contributed by atoms with E-state index in [2.05, 4.69) is 15.3 Å². The summed E-state index contributed by atoms with van der Waals surface area (Å²) in [4.78, 5) is 18.7. The van der Waals surface area contributed by atoms with Crippen molar-refractivity contribution in [3.8, 4) is 0 Å². The zero-order valence-electron chi connectivity index (χ0n) is 8.98. The van der Waals surface area contributed by atoms with Gasteiger partial charge < -0.3 is 10.4 Å². The first-order valence-electron chi connectivity index (χ1n) is 5.11. The van der Waals surface area contributed by atoms with Gasteiger partial charge in [0.2, 0.25) is 0 Å². The van der Waals surface area contributed by atoms with Crippen molar-refractivity contribution < 1.29 is 9.90 Å². The molecule has 1 aromatic rings. The summed E-state index contributed by atoms with van der Waals surface area (Å²) in [6.07, 6.45) is 5.24. The van der Waals surface area contributed by atoms with Gasteiger partial charge in [0.05, 0.1) is 0 Å². The molecular weight excluding hydrogens is 230 g/mol. The van der Waals surface area contributed by atoms with Gasteiger partial charge in [-0.25, -0.2) is 14.8 Å². The standard InChI is InChI=1S/C10H14ClN3O2/c1-2-3-4-7(10(15)16)14-9-8(11)12-5-6-13-9/h5-7H,2-4H2,1H3,(H,13,14)(H,15,16)/t7-/m0/s1. The summed E-state index contributed by atoms with van der Waals surface area (Å²) in [7, 11) is 0. The van der Waals surface area contributed by atoms with E-state index in [-0.39, 0.29) is 5.15 Å².